The van der Waals surface area contributed by atoms with Crippen LogP contribution in [0.15, 0.2) is 48.5 Å². The normalized spacial score (nSPS) is 19.5. The van der Waals surface area contributed by atoms with Crippen LogP contribution in [-0.2, 0) is 16.0 Å². The molecule has 5 heteroatoms. The summed E-state index contributed by atoms with van der Waals surface area (Å²) in [5.74, 6) is -0.272. The second-order valence-corrected chi connectivity index (χ2v) is 9.01. The van der Waals surface area contributed by atoms with Gasteiger partial charge in [-0.05, 0) is 69.2 Å². The summed E-state index contributed by atoms with van der Waals surface area (Å²) < 4.78 is 0. The molecule has 0 unspecified atom stereocenters. The Labute approximate surface area is 173 Å². The fourth-order valence-electron chi connectivity index (χ4n) is 3.94. The third-order valence-electron chi connectivity index (χ3n) is 5.18. The summed E-state index contributed by atoms with van der Waals surface area (Å²) in [5, 5.41) is 2.95. The smallest absolute Gasteiger partial charge is 0.244 e. The molecule has 3 rings (SSSR count). The van der Waals surface area contributed by atoms with Crippen LogP contribution in [0.2, 0.25) is 0 Å². The second-order valence-electron chi connectivity index (χ2n) is 9.01. The van der Waals surface area contributed by atoms with Gasteiger partial charge in [-0.25, -0.2) is 0 Å². The standard InChI is InChI=1S/C24H31N3O2/c1-16-10-11-19-18(13-17-8-6-5-7-9-17)14-20(25)23(29)27(21(19)12-16)15-22(28)26-24(2,3)4/h5-12,18,20H,13-15,25H2,1-4H3,(H,26,28)/t18-,20+/m0/s1. The number of hydrogen-bond donors (Lipinski definition) is 2. The van der Waals surface area contributed by atoms with Crippen LogP contribution in [-0.4, -0.2) is 29.9 Å². The van der Waals surface area contributed by atoms with Gasteiger partial charge in [0, 0.05) is 11.2 Å². The lowest BCUT2D eigenvalue weighted by Crippen LogP contribution is -2.50. The summed E-state index contributed by atoms with van der Waals surface area (Å²) in [4.78, 5) is 27.3. The first-order chi connectivity index (χ1) is 13.6. The van der Waals surface area contributed by atoms with Crippen molar-refractivity contribution in [2.24, 2.45) is 5.73 Å². The van der Waals surface area contributed by atoms with Crippen LogP contribution in [0.1, 0.15) is 49.8 Å². The van der Waals surface area contributed by atoms with Crippen LogP contribution >= 0.6 is 0 Å². The first-order valence-corrected chi connectivity index (χ1v) is 10.2. The minimum absolute atomic E-state index is 0.0295. The first-order valence-electron chi connectivity index (χ1n) is 10.2. The van der Waals surface area contributed by atoms with E-state index in [9.17, 15) is 9.59 Å². The SMILES string of the molecule is Cc1ccc2c(c1)N(CC(=O)NC(C)(C)C)C(=O)[C@H](N)C[C@@H]2Cc1ccccc1. The number of benzene rings is 2. The quantitative estimate of drug-likeness (QED) is 0.837. The molecule has 5 nitrogen and oxygen atoms in total. The van der Waals surface area contributed by atoms with E-state index in [1.54, 1.807) is 4.90 Å². The Hall–Kier alpha value is -2.66. The van der Waals surface area contributed by atoms with E-state index in [4.69, 9.17) is 5.73 Å². The predicted octanol–water partition coefficient (Wildman–Crippen LogP) is 3.30. The molecule has 0 saturated carbocycles. The lowest BCUT2D eigenvalue weighted by Gasteiger charge is -2.27. The highest BCUT2D eigenvalue weighted by Gasteiger charge is 2.34. The van der Waals surface area contributed by atoms with Gasteiger partial charge in [0.25, 0.3) is 0 Å². The summed E-state index contributed by atoms with van der Waals surface area (Å²) in [6.07, 6.45) is 1.36. The fraction of sp³-hybridized carbons (Fsp3) is 0.417. The van der Waals surface area contributed by atoms with Crippen molar-refractivity contribution < 1.29 is 9.59 Å². The number of carbonyl (C=O) groups excluding carboxylic acids is 2. The maximum atomic E-state index is 13.1. The molecule has 0 spiro atoms. The van der Waals surface area contributed by atoms with Gasteiger partial charge in [0.1, 0.15) is 6.54 Å². The van der Waals surface area contributed by atoms with Gasteiger partial charge in [-0.2, -0.15) is 0 Å². The number of nitrogens with two attached hydrogens (primary N) is 1. The highest BCUT2D eigenvalue weighted by atomic mass is 16.2. The Kier molecular flexibility index (Phi) is 6.08. The van der Waals surface area contributed by atoms with Crippen molar-refractivity contribution in [2.75, 3.05) is 11.4 Å². The molecule has 2 atom stereocenters. The molecule has 0 bridgehead atoms. The third-order valence-corrected chi connectivity index (χ3v) is 5.18. The van der Waals surface area contributed by atoms with Crippen molar-refractivity contribution in [3.05, 3.63) is 65.2 Å². The van der Waals surface area contributed by atoms with Gasteiger partial charge < -0.3 is 16.0 Å². The number of hydrogen-bond acceptors (Lipinski definition) is 3. The number of anilines is 1. The first kappa shape index (κ1) is 21.1. The Bertz CT molecular complexity index is 887. The van der Waals surface area contributed by atoms with Crippen molar-refractivity contribution >= 4 is 17.5 Å². The maximum Gasteiger partial charge on any atom is 0.244 e. The highest BCUT2D eigenvalue weighted by Crippen LogP contribution is 2.37. The number of carbonyl (C=O) groups is 2. The lowest BCUT2D eigenvalue weighted by molar-refractivity contribution is -0.125. The second kappa shape index (κ2) is 8.37. The Morgan fingerprint density at radius 1 is 1.17 bits per heavy atom. The average Bonchev–Trinajstić information content (AvgIpc) is 2.72. The van der Waals surface area contributed by atoms with Gasteiger partial charge in [-0.15, -0.1) is 0 Å². The van der Waals surface area contributed by atoms with Gasteiger partial charge in [-0.1, -0.05) is 42.5 Å². The zero-order valence-corrected chi connectivity index (χ0v) is 17.7. The molecule has 29 heavy (non-hydrogen) atoms. The fourth-order valence-corrected chi connectivity index (χ4v) is 3.94. The molecule has 0 radical (unpaired) electrons. The Balaban J connectivity index is 1.98. The van der Waals surface area contributed by atoms with Gasteiger partial charge in [0.2, 0.25) is 11.8 Å². The van der Waals surface area contributed by atoms with Crippen molar-refractivity contribution in [3.63, 3.8) is 0 Å². The molecule has 2 aromatic carbocycles. The minimum Gasteiger partial charge on any atom is -0.350 e. The van der Waals surface area contributed by atoms with Gasteiger partial charge in [-0.3, -0.25) is 9.59 Å². The molecule has 2 amide bonds. The highest BCUT2D eigenvalue weighted by molar-refractivity contribution is 6.03. The van der Waals surface area contributed by atoms with Crippen LogP contribution in [0.3, 0.4) is 0 Å². The molecule has 0 fully saturated rings. The Morgan fingerprint density at radius 3 is 2.52 bits per heavy atom. The van der Waals surface area contributed by atoms with E-state index in [0.29, 0.717) is 6.42 Å². The lowest BCUT2D eigenvalue weighted by atomic mass is 9.86. The Morgan fingerprint density at radius 2 is 1.86 bits per heavy atom. The molecule has 154 valence electrons. The van der Waals surface area contributed by atoms with Crippen molar-refractivity contribution in [1.82, 2.24) is 5.32 Å². The molecule has 1 heterocycles. The maximum absolute atomic E-state index is 13.1. The van der Waals surface area contributed by atoms with Crippen LogP contribution in [0, 0.1) is 6.92 Å². The monoisotopic (exact) mass is 393 g/mol. The van der Waals surface area contributed by atoms with E-state index in [0.717, 1.165) is 23.2 Å². The molecule has 0 aliphatic carbocycles. The largest absolute Gasteiger partial charge is 0.350 e. The van der Waals surface area contributed by atoms with E-state index < -0.39 is 6.04 Å². The molecule has 3 N–H and O–H groups in total. The summed E-state index contributed by atoms with van der Waals surface area (Å²) in [5.41, 5.74) is 10.1. The third kappa shape index (κ3) is 5.24. The number of nitrogens with one attached hydrogen (secondary N) is 1. The predicted molar refractivity (Wildman–Crippen MR) is 117 cm³/mol. The number of rotatable bonds is 4. The molecular formula is C24H31N3O2. The summed E-state index contributed by atoms with van der Waals surface area (Å²) >= 11 is 0. The van der Waals surface area contributed by atoms with Gasteiger partial charge in [0.05, 0.1) is 6.04 Å². The summed E-state index contributed by atoms with van der Waals surface area (Å²) in [6, 6.07) is 15.7. The molecule has 1 aliphatic heterocycles. The zero-order valence-electron chi connectivity index (χ0n) is 17.7. The molecular weight excluding hydrogens is 362 g/mol. The van der Waals surface area contributed by atoms with E-state index in [1.807, 2.05) is 52.0 Å². The van der Waals surface area contributed by atoms with Crippen molar-refractivity contribution in [2.45, 2.75) is 58.0 Å². The zero-order chi connectivity index (χ0) is 21.2. The summed E-state index contributed by atoms with van der Waals surface area (Å²) in [6.45, 7) is 7.74. The number of amides is 2. The van der Waals surface area contributed by atoms with E-state index in [2.05, 4.69) is 29.6 Å². The van der Waals surface area contributed by atoms with E-state index in [-0.39, 0.29) is 29.8 Å². The number of nitrogens with zero attached hydrogens (tertiary/aromatic N) is 1. The molecule has 2 aromatic rings. The van der Waals surface area contributed by atoms with Gasteiger partial charge in [0.15, 0.2) is 0 Å². The topological polar surface area (TPSA) is 75.4 Å². The van der Waals surface area contributed by atoms with Crippen LogP contribution in [0.25, 0.3) is 0 Å². The summed E-state index contributed by atoms with van der Waals surface area (Å²) in [7, 11) is 0. The van der Waals surface area contributed by atoms with Crippen molar-refractivity contribution in [3.8, 4) is 0 Å². The van der Waals surface area contributed by atoms with E-state index >= 15 is 0 Å². The van der Waals surface area contributed by atoms with E-state index in [1.165, 1.54) is 5.56 Å². The molecule has 0 aromatic heterocycles. The average molecular weight is 394 g/mol. The van der Waals surface area contributed by atoms with Crippen LogP contribution < -0.4 is 16.0 Å². The molecule has 1 aliphatic rings. The minimum atomic E-state index is -0.640. The van der Waals surface area contributed by atoms with Gasteiger partial charge >= 0.3 is 0 Å². The number of fused-ring (bicyclic) bond motifs is 1. The van der Waals surface area contributed by atoms with Crippen molar-refractivity contribution in [1.29, 1.82) is 0 Å². The van der Waals surface area contributed by atoms with Crippen LogP contribution in [0.5, 0.6) is 0 Å². The van der Waals surface area contributed by atoms with Crippen LogP contribution in [0.4, 0.5) is 5.69 Å². The number of aryl methyl sites for hydroxylation is 1. The molecule has 0 saturated heterocycles.